The van der Waals surface area contributed by atoms with Crippen LogP contribution in [0.1, 0.15) is 32.1 Å². The van der Waals surface area contributed by atoms with Crippen LogP contribution in [0.25, 0.3) is 0 Å². The molecule has 2 fully saturated rings. The summed E-state index contributed by atoms with van der Waals surface area (Å²) in [7, 11) is 3.50. The Bertz CT molecular complexity index is 288. The van der Waals surface area contributed by atoms with Crippen molar-refractivity contribution in [3.8, 4) is 0 Å². The van der Waals surface area contributed by atoms with Crippen LogP contribution in [-0.2, 0) is 14.3 Å². The summed E-state index contributed by atoms with van der Waals surface area (Å²) in [6.45, 7) is 2.45. The lowest BCUT2D eigenvalue weighted by atomic mass is 10.1. The predicted molar refractivity (Wildman–Crippen MR) is 73.0 cm³/mol. The first-order chi connectivity index (χ1) is 9.19. The van der Waals surface area contributed by atoms with E-state index < -0.39 is 0 Å². The Morgan fingerprint density at radius 1 is 1.42 bits per heavy atom. The molecule has 1 heterocycles. The van der Waals surface area contributed by atoms with E-state index in [1.54, 1.807) is 0 Å². The summed E-state index contributed by atoms with van der Waals surface area (Å²) in [4.78, 5) is 13.9. The highest BCUT2D eigenvalue weighted by molar-refractivity contribution is 5.76. The van der Waals surface area contributed by atoms with E-state index in [1.165, 1.54) is 32.8 Å². The standard InChI is InChI=1S/C14H26N2O3/c1-16(9-12-5-3-4-8-19-12)10-13(14(17)18-2)15-11-6-7-11/h11-13,15H,3-10H2,1-2H3. The van der Waals surface area contributed by atoms with Crippen molar-refractivity contribution in [3.63, 3.8) is 0 Å². The number of likely N-dealkylation sites (N-methyl/N-ethyl adjacent to an activating group) is 1. The minimum atomic E-state index is -0.217. The first-order valence-electron chi connectivity index (χ1n) is 7.33. The third kappa shape index (κ3) is 5.09. The van der Waals surface area contributed by atoms with E-state index in [2.05, 4.69) is 10.2 Å². The summed E-state index contributed by atoms with van der Waals surface area (Å²) < 4.78 is 10.6. The molecule has 0 radical (unpaired) electrons. The van der Waals surface area contributed by atoms with Gasteiger partial charge in [-0.15, -0.1) is 0 Å². The molecule has 1 N–H and O–H groups in total. The largest absolute Gasteiger partial charge is 0.468 e. The van der Waals surface area contributed by atoms with Gasteiger partial charge in [0.25, 0.3) is 0 Å². The summed E-state index contributed by atoms with van der Waals surface area (Å²) in [5, 5.41) is 3.35. The fraction of sp³-hybridized carbons (Fsp3) is 0.929. The third-order valence-corrected chi connectivity index (χ3v) is 3.78. The van der Waals surface area contributed by atoms with Crippen LogP contribution in [0.3, 0.4) is 0 Å². The maximum atomic E-state index is 11.8. The van der Waals surface area contributed by atoms with Crippen molar-refractivity contribution in [1.82, 2.24) is 10.2 Å². The number of carbonyl (C=O) groups excluding carboxylic acids is 1. The molecule has 0 spiro atoms. The van der Waals surface area contributed by atoms with Gasteiger partial charge in [0.05, 0.1) is 13.2 Å². The Morgan fingerprint density at radius 3 is 2.79 bits per heavy atom. The smallest absolute Gasteiger partial charge is 0.324 e. The van der Waals surface area contributed by atoms with Crippen LogP contribution in [0.5, 0.6) is 0 Å². The van der Waals surface area contributed by atoms with Crippen molar-refractivity contribution in [2.75, 3.05) is 33.9 Å². The zero-order valence-electron chi connectivity index (χ0n) is 12.1. The fourth-order valence-corrected chi connectivity index (χ4v) is 2.56. The Labute approximate surface area is 115 Å². The third-order valence-electron chi connectivity index (χ3n) is 3.78. The molecule has 2 unspecified atom stereocenters. The maximum absolute atomic E-state index is 11.8. The highest BCUT2D eigenvalue weighted by Crippen LogP contribution is 2.20. The number of nitrogens with zero attached hydrogens (tertiary/aromatic N) is 1. The van der Waals surface area contributed by atoms with Gasteiger partial charge in [0, 0.05) is 25.7 Å². The maximum Gasteiger partial charge on any atom is 0.324 e. The van der Waals surface area contributed by atoms with Gasteiger partial charge in [-0.1, -0.05) is 0 Å². The van der Waals surface area contributed by atoms with Gasteiger partial charge in [-0.2, -0.15) is 0 Å². The quantitative estimate of drug-likeness (QED) is 0.693. The minimum absolute atomic E-state index is 0.164. The Hall–Kier alpha value is -0.650. The lowest BCUT2D eigenvalue weighted by Gasteiger charge is -2.29. The molecule has 2 atom stereocenters. The van der Waals surface area contributed by atoms with Crippen LogP contribution in [0, 0.1) is 0 Å². The van der Waals surface area contributed by atoms with E-state index in [4.69, 9.17) is 9.47 Å². The predicted octanol–water partition coefficient (Wildman–Crippen LogP) is 0.781. The summed E-state index contributed by atoms with van der Waals surface area (Å²) >= 11 is 0. The van der Waals surface area contributed by atoms with Crippen molar-refractivity contribution in [3.05, 3.63) is 0 Å². The van der Waals surface area contributed by atoms with Gasteiger partial charge >= 0.3 is 5.97 Å². The van der Waals surface area contributed by atoms with Gasteiger partial charge in [-0.3, -0.25) is 4.79 Å². The highest BCUT2D eigenvalue weighted by Gasteiger charge is 2.30. The molecule has 19 heavy (non-hydrogen) atoms. The van der Waals surface area contributed by atoms with E-state index in [9.17, 15) is 4.79 Å². The molecule has 0 aromatic rings. The van der Waals surface area contributed by atoms with E-state index >= 15 is 0 Å². The second-order valence-electron chi connectivity index (χ2n) is 5.73. The molecule has 5 heteroatoms. The van der Waals surface area contributed by atoms with Gasteiger partial charge in [0.1, 0.15) is 6.04 Å². The summed E-state index contributed by atoms with van der Waals surface area (Å²) in [5.41, 5.74) is 0. The van der Waals surface area contributed by atoms with Gasteiger partial charge in [-0.05, 0) is 39.2 Å². The first-order valence-corrected chi connectivity index (χ1v) is 7.33. The summed E-state index contributed by atoms with van der Waals surface area (Å²) in [6, 6.07) is 0.287. The Balaban J connectivity index is 1.75. The minimum Gasteiger partial charge on any atom is -0.468 e. The second kappa shape index (κ2) is 7.22. The molecule has 1 aliphatic heterocycles. The Kier molecular flexibility index (Phi) is 5.60. The van der Waals surface area contributed by atoms with Crippen molar-refractivity contribution in [1.29, 1.82) is 0 Å². The number of ether oxygens (including phenoxy) is 2. The van der Waals surface area contributed by atoms with Gasteiger partial charge in [0.2, 0.25) is 0 Å². The van der Waals surface area contributed by atoms with Crippen molar-refractivity contribution in [2.45, 2.75) is 50.3 Å². The molecule has 5 nitrogen and oxygen atoms in total. The molecule has 1 saturated carbocycles. The highest BCUT2D eigenvalue weighted by atomic mass is 16.5. The number of esters is 1. The van der Waals surface area contributed by atoms with Crippen LogP contribution >= 0.6 is 0 Å². The molecule has 1 aliphatic carbocycles. The van der Waals surface area contributed by atoms with Crippen LogP contribution < -0.4 is 5.32 Å². The van der Waals surface area contributed by atoms with Crippen LogP contribution in [-0.4, -0.2) is 62.9 Å². The van der Waals surface area contributed by atoms with E-state index in [1.807, 2.05) is 7.05 Å². The fourth-order valence-electron chi connectivity index (χ4n) is 2.56. The normalized spacial score (nSPS) is 25.3. The SMILES string of the molecule is COC(=O)C(CN(C)CC1CCCCO1)NC1CC1. The molecule has 1 saturated heterocycles. The molecule has 2 rings (SSSR count). The second-order valence-corrected chi connectivity index (χ2v) is 5.73. The molecule has 0 aromatic carbocycles. The zero-order valence-corrected chi connectivity index (χ0v) is 12.1. The molecule has 0 bridgehead atoms. The lowest BCUT2D eigenvalue weighted by Crippen LogP contribution is -2.48. The number of hydrogen-bond acceptors (Lipinski definition) is 5. The van der Waals surface area contributed by atoms with Crippen molar-refractivity contribution >= 4 is 5.97 Å². The van der Waals surface area contributed by atoms with E-state index in [0.717, 1.165) is 19.6 Å². The molecular weight excluding hydrogens is 244 g/mol. The van der Waals surface area contributed by atoms with Crippen LogP contribution in [0.2, 0.25) is 0 Å². The van der Waals surface area contributed by atoms with Crippen LogP contribution in [0.15, 0.2) is 0 Å². The van der Waals surface area contributed by atoms with Gasteiger partial charge in [-0.25, -0.2) is 0 Å². The number of carbonyl (C=O) groups is 1. The van der Waals surface area contributed by atoms with Crippen LogP contribution in [0.4, 0.5) is 0 Å². The van der Waals surface area contributed by atoms with Crippen molar-refractivity contribution in [2.24, 2.45) is 0 Å². The van der Waals surface area contributed by atoms with Gasteiger partial charge in [0.15, 0.2) is 0 Å². The summed E-state index contributed by atoms with van der Waals surface area (Å²) in [6.07, 6.45) is 6.21. The molecule has 110 valence electrons. The number of nitrogens with one attached hydrogen (secondary N) is 1. The average molecular weight is 270 g/mol. The van der Waals surface area contributed by atoms with E-state index in [-0.39, 0.29) is 12.0 Å². The average Bonchev–Trinajstić information content (AvgIpc) is 3.22. The molecular formula is C14H26N2O3. The van der Waals surface area contributed by atoms with Crippen molar-refractivity contribution < 1.29 is 14.3 Å². The van der Waals surface area contributed by atoms with Gasteiger partial charge < -0.3 is 19.7 Å². The summed E-state index contributed by atoms with van der Waals surface area (Å²) in [5.74, 6) is -0.164. The first kappa shape index (κ1) is 14.8. The lowest BCUT2D eigenvalue weighted by molar-refractivity contribution is -0.143. The molecule has 2 aliphatic rings. The number of methoxy groups -OCH3 is 1. The number of rotatable bonds is 7. The number of hydrogen-bond donors (Lipinski definition) is 1. The Morgan fingerprint density at radius 2 is 2.21 bits per heavy atom. The topological polar surface area (TPSA) is 50.8 Å². The molecule has 0 aromatic heterocycles. The van der Waals surface area contributed by atoms with E-state index in [0.29, 0.717) is 18.7 Å². The zero-order chi connectivity index (χ0) is 13.7. The monoisotopic (exact) mass is 270 g/mol. The molecule has 0 amide bonds.